The van der Waals surface area contributed by atoms with Gasteiger partial charge < -0.3 is 9.64 Å². The molecule has 0 radical (unpaired) electrons. The van der Waals surface area contributed by atoms with E-state index >= 15 is 0 Å². The monoisotopic (exact) mass is 317 g/mol. The minimum atomic E-state index is 0.138. The number of methoxy groups -OCH3 is 1. The number of hydrogen-bond donors (Lipinski definition) is 0. The van der Waals surface area contributed by atoms with Crippen LogP contribution in [-0.2, 0) is 17.6 Å². The van der Waals surface area contributed by atoms with E-state index in [9.17, 15) is 0 Å². The number of ether oxygens (including phenoxy) is 1. The molecule has 0 saturated carbocycles. The molecule has 1 unspecified atom stereocenters. The van der Waals surface area contributed by atoms with E-state index < -0.39 is 0 Å². The van der Waals surface area contributed by atoms with Crippen molar-refractivity contribution in [1.82, 2.24) is 9.36 Å². The lowest BCUT2D eigenvalue weighted by Gasteiger charge is -2.35. The average molecular weight is 317 g/mol. The second kappa shape index (κ2) is 6.75. The van der Waals surface area contributed by atoms with Gasteiger partial charge >= 0.3 is 0 Å². The van der Waals surface area contributed by atoms with Crippen molar-refractivity contribution in [2.24, 2.45) is 0 Å². The molecule has 2 aromatic rings. The SMILES string of the molecule is COCCc1nsc(N2CCCC2(C)Cc2ccccc2)n1. The average Bonchev–Trinajstić information content (AvgIpc) is 3.12. The third kappa shape index (κ3) is 3.31. The first-order chi connectivity index (χ1) is 10.7. The van der Waals surface area contributed by atoms with Crippen LogP contribution in [0.1, 0.15) is 31.2 Å². The summed E-state index contributed by atoms with van der Waals surface area (Å²) in [5.74, 6) is 0.899. The highest BCUT2D eigenvalue weighted by Crippen LogP contribution is 2.37. The minimum absolute atomic E-state index is 0.138. The Balaban J connectivity index is 1.75. The van der Waals surface area contributed by atoms with Crippen LogP contribution in [0.15, 0.2) is 30.3 Å². The van der Waals surface area contributed by atoms with Crippen LogP contribution in [0, 0.1) is 0 Å². The predicted molar refractivity (Wildman–Crippen MR) is 90.6 cm³/mol. The summed E-state index contributed by atoms with van der Waals surface area (Å²) in [7, 11) is 1.71. The smallest absolute Gasteiger partial charge is 0.205 e. The maximum absolute atomic E-state index is 5.11. The normalized spacial score (nSPS) is 21.5. The first-order valence-corrected chi connectivity index (χ1v) is 8.62. The quantitative estimate of drug-likeness (QED) is 0.819. The summed E-state index contributed by atoms with van der Waals surface area (Å²) < 4.78 is 9.59. The summed E-state index contributed by atoms with van der Waals surface area (Å²) in [5.41, 5.74) is 1.53. The number of hydrogen-bond acceptors (Lipinski definition) is 5. The van der Waals surface area contributed by atoms with Crippen molar-refractivity contribution in [3.05, 3.63) is 41.7 Å². The maximum Gasteiger partial charge on any atom is 0.205 e. The highest BCUT2D eigenvalue weighted by molar-refractivity contribution is 7.09. The molecule has 0 aliphatic carbocycles. The van der Waals surface area contributed by atoms with Crippen LogP contribution in [0.2, 0.25) is 0 Å². The molecule has 22 heavy (non-hydrogen) atoms. The molecule has 1 fully saturated rings. The topological polar surface area (TPSA) is 38.2 Å². The van der Waals surface area contributed by atoms with Crippen LogP contribution in [-0.4, -0.2) is 35.2 Å². The van der Waals surface area contributed by atoms with Gasteiger partial charge in [-0.25, -0.2) is 4.98 Å². The lowest BCUT2D eigenvalue weighted by atomic mass is 9.90. The second-order valence-corrected chi connectivity index (χ2v) is 6.88. The zero-order valence-electron chi connectivity index (χ0n) is 13.3. The highest BCUT2D eigenvalue weighted by atomic mass is 32.1. The molecule has 1 saturated heterocycles. The minimum Gasteiger partial charge on any atom is -0.384 e. The van der Waals surface area contributed by atoms with Crippen LogP contribution in [0.4, 0.5) is 5.13 Å². The summed E-state index contributed by atoms with van der Waals surface area (Å²) in [4.78, 5) is 7.17. The Morgan fingerprint density at radius 1 is 1.32 bits per heavy atom. The molecule has 4 nitrogen and oxygen atoms in total. The van der Waals surface area contributed by atoms with Crippen LogP contribution in [0.25, 0.3) is 0 Å². The third-order valence-electron chi connectivity index (χ3n) is 4.39. The molecule has 0 N–H and O–H groups in total. The van der Waals surface area contributed by atoms with Gasteiger partial charge in [0.05, 0.1) is 6.61 Å². The molecular weight excluding hydrogens is 294 g/mol. The first kappa shape index (κ1) is 15.4. The number of rotatable bonds is 6. The molecule has 1 atom stereocenters. The fourth-order valence-electron chi connectivity index (χ4n) is 3.22. The van der Waals surface area contributed by atoms with Crippen molar-refractivity contribution in [3.8, 4) is 0 Å². The van der Waals surface area contributed by atoms with Crippen LogP contribution < -0.4 is 4.90 Å². The van der Waals surface area contributed by atoms with Gasteiger partial charge in [-0.05, 0) is 31.7 Å². The summed E-state index contributed by atoms with van der Waals surface area (Å²) in [6, 6.07) is 10.7. The molecule has 3 rings (SSSR count). The van der Waals surface area contributed by atoms with Gasteiger partial charge in [-0.1, -0.05) is 30.3 Å². The van der Waals surface area contributed by atoms with Gasteiger partial charge in [0.15, 0.2) is 0 Å². The third-order valence-corrected chi connectivity index (χ3v) is 5.17. The Bertz CT molecular complexity index is 601. The molecule has 1 aromatic heterocycles. The maximum atomic E-state index is 5.11. The zero-order valence-corrected chi connectivity index (χ0v) is 14.1. The molecule has 0 bridgehead atoms. The van der Waals surface area contributed by atoms with Gasteiger partial charge in [0, 0.05) is 37.1 Å². The van der Waals surface area contributed by atoms with Gasteiger partial charge in [0.25, 0.3) is 0 Å². The Morgan fingerprint density at radius 2 is 2.14 bits per heavy atom. The Morgan fingerprint density at radius 3 is 2.91 bits per heavy atom. The Hall–Kier alpha value is -1.46. The Kier molecular flexibility index (Phi) is 4.74. The first-order valence-electron chi connectivity index (χ1n) is 7.84. The van der Waals surface area contributed by atoms with Crippen molar-refractivity contribution in [3.63, 3.8) is 0 Å². The fourth-order valence-corrected chi connectivity index (χ4v) is 4.09. The summed E-state index contributed by atoms with van der Waals surface area (Å²) in [5, 5.41) is 1.06. The Labute approximate surface area is 136 Å². The second-order valence-electron chi connectivity index (χ2n) is 6.15. The van der Waals surface area contributed by atoms with E-state index in [1.165, 1.54) is 29.9 Å². The molecule has 1 aliphatic rings. The molecule has 118 valence electrons. The summed E-state index contributed by atoms with van der Waals surface area (Å²) in [6.07, 6.45) is 4.27. The van der Waals surface area contributed by atoms with E-state index in [1.807, 2.05) is 0 Å². The van der Waals surface area contributed by atoms with Crippen LogP contribution in [0.3, 0.4) is 0 Å². The van der Waals surface area contributed by atoms with Gasteiger partial charge in [-0.15, -0.1) is 0 Å². The molecule has 5 heteroatoms. The molecular formula is C17H23N3OS. The van der Waals surface area contributed by atoms with Crippen LogP contribution >= 0.6 is 11.5 Å². The zero-order chi connectivity index (χ0) is 15.4. The van der Waals surface area contributed by atoms with Gasteiger partial charge in [-0.3, -0.25) is 0 Å². The lowest BCUT2D eigenvalue weighted by Crippen LogP contribution is -2.43. The molecule has 0 amide bonds. The van der Waals surface area contributed by atoms with Crippen molar-refractivity contribution in [2.45, 2.75) is 38.1 Å². The van der Waals surface area contributed by atoms with E-state index in [-0.39, 0.29) is 5.54 Å². The van der Waals surface area contributed by atoms with E-state index in [2.05, 4.69) is 46.5 Å². The number of aromatic nitrogens is 2. The van der Waals surface area contributed by atoms with Crippen molar-refractivity contribution in [1.29, 1.82) is 0 Å². The van der Waals surface area contributed by atoms with Gasteiger partial charge in [0.1, 0.15) is 5.82 Å². The molecule has 1 aromatic carbocycles. The number of nitrogens with zero attached hydrogens (tertiary/aromatic N) is 3. The van der Waals surface area contributed by atoms with E-state index in [1.54, 1.807) is 7.11 Å². The van der Waals surface area contributed by atoms with Gasteiger partial charge in [0.2, 0.25) is 5.13 Å². The summed E-state index contributed by atoms with van der Waals surface area (Å²) >= 11 is 1.52. The predicted octanol–water partition coefficient (Wildman–Crippen LogP) is 3.33. The van der Waals surface area contributed by atoms with E-state index in [0.29, 0.717) is 6.61 Å². The standard InChI is InChI=1S/C17H23N3OS/c1-17(13-14-7-4-3-5-8-14)10-6-11-20(17)16-18-15(19-22-16)9-12-21-2/h3-5,7-8H,6,9-13H2,1-2H3. The summed E-state index contributed by atoms with van der Waals surface area (Å²) in [6.45, 7) is 4.10. The van der Waals surface area contributed by atoms with E-state index in [0.717, 1.165) is 30.3 Å². The largest absolute Gasteiger partial charge is 0.384 e. The van der Waals surface area contributed by atoms with Crippen LogP contribution in [0.5, 0.6) is 0 Å². The molecule has 1 aliphatic heterocycles. The van der Waals surface area contributed by atoms with Gasteiger partial charge in [-0.2, -0.15) is 4.37 Å². The lowest BCUT2D eigenvalue weighted by molar-refractivity contribution is 0.201. The molecule has 2 heterocycles. The fraction of sp³-hybridized carbons (Fsp3) is 0.529. The van der Waals surface area contributed by atoms with Crippen molar-refractivity contribution < 1.29 is 4.74 Å². The number of benzene rings is 1. The van der Waals surface area contributed by atoms with Crippen molar-refractivity contribution in [2.75, 3.05) is 25.2 Å². The highest BCUT2D eigenvalue weighted by Gasteiger charge is 2.38. The number of anilines is 1. The van der Waals surface area contributed by atoms with E-state index in [4.69, 9.17) is 9.72 Å². The van der Waals surface area contributed by atoms with Crippen molar-refractivity contribution >= 4 is 16.7 Å². The molecule has 0 spiro atoms.